The van der Waals surface area contributed by atoms with Gasteiger partial charge in [-0.15, -0.1) is 0 Å². The molecule has 0 aliphatic carbocycles. The lowest BCUT2D eigenvalue weighted by molar-refractivity contribution is -0.167. The van der Waals surface area contributed by atoms with Crippen LogP contribution in [0.2, 0.25) is 0 Å². The average Bonchev–Trinajstić information content (AvgIpc) is 3.19. The van der Waals surface area contributed by atoms with Gasteiger partial charge in [0.25, 0.3) is 5.89 Å². The topological polar surface area (TPSA) is 87.5 Å². The van der Waals surface area contributed by atoms with Crippen LogP contribution in [0.3, 0.4) is 0 Å². The summed E-state index contributed by atoms with van der Waals surface area (Å²) in [5, 5.41) is 4.78. The van der Waals surface area contributed by atoms with Crippen LogP contribution in [0, 0.1) is 5.92 Å². The van der Waals surface area contributed by atoms with Crippen molar-refractivity contribution in [3.8, 4) is 11.3 Å². The molecule has 3 fully saturated rings. The predicted octanol–water partition coefficient (Wildman–Crippen LogP) is 3.05. The van der Waals surface area contributed by atoms with E-state index in [1.807, 2.05) is 5.32 Å². The van der Waals surface area contributed by atoms with Gasteiger partial charge in [-0.05, 0) is 44.4 Å². The van der Waals surface area contributed by atoms with Crippen molar-refractivity contribution in [3.05, 3.63) is 36.4 Å². The largest absolute Gasteiger partial charge is 0.471 e. The van der Waals surface area contributed by atoms with Crippen molar-refractivity contribution in [2.75, 3.05) is 18.4 Å². The van der Waals surface area contributed by atoms with Gasteiger partial charge in [-0.2, -0.15) is 13.2 Å². The number of para-hydroxylation sites is 1. The number of carbonyl (C=O) groups excluding carboxylic acids is 2. The Labute approximate surface area is 170 Å². The lowest BCUT2D eigenvalue weighted by Crippen LogP contribution is -2.60. The van der Waals surface area contributed by atoms with E-state index in [-0.39, 0.29) is 28.9 Å². The van der Waals surface area contributed by atoms with Crippen molar-refractivity contribution in [1.29, 1.82) is 0 Å². The zero-order valence-corrected chi connectivity index (χ0v) is 16.2. The Balaban J connectivity index is 1.48. The molecule has 2 N–H and O–H groups in total. The molecule has 0 radical (unpaired) electrons. The number of aromatic nitrogens is 1. The molecule has 0 saturated carbocycles. The number of rotatable bonds is 4. The maximum Gasteiger partial charge on any atom is 0.471 e. The summed E-state index contributed by atoms with van der Waals surface area (Å²) in [6.07, 6.45) is -1.72. The standard InChI is InChI=1S/C20H21F3N4O3/c1-11-8-12-6-7-27(11)10-15(12)25-17(28)18-24-9-16(30-18)13-4-2-3-5-14(13)26-19(29)20(21,22)23/h2-5,9,11-12,15H,6-8,10H2,1H3,(H,25,28)(H,26,29)/t11?,12?,15-/m0/s1. The summed E-state index contributed by atoms with van der Waals surface area (Å²) in [5.74, 6) is -2.25. The van der Waals surface area contributed by atoms with Crippen LogP contribution in [-0.4, -0.2) is 53.0 Å². The molecule has 5 rings (SSSR count). The lowest BCUT2D eigenvalue weighted by atomic mass is 9.80. The number of oxazole rings is 1. The molecule has 2 amide bonds. The minimum Gasteiger partial charge on any atom is -0.432 e. The van der Waals surface area contributed by atoms with Crippen molar-refractivity contribution in [2.24, 2.45) is 5.92 Å². The summed E-state index contributed by atoms with van der Waals surface area (Å²) in [6, 6.07) is 6.37. The first-order valence-corrected chi connectivity index (χ1v) is 9.70. The van der Waals surface area contributed by atoms with Crippen LogP contribution in [0.15, 0.2) is 34.9 Å². The van der Waals surface area contributed by atoms with Gasteiger partial charge in [0.2, 0.25) is 0 Å². The highest BCUT2D eigenvalue weighted by Gasteiger charge is 2.40. The van der Waals surface area contributed by atoms with E-state index in [1.165, 1.54) is 24.4 Å². The van der Waals surface area contributed by atoms with Gasteiger partial charge in [0.05, 0.1) is 11.9 Å². The molecule has 4 atom stereocenters. The molecule has 0 spiro atoms. The van der Waals surface area contributed by atoms with Crippen LogP contribution >= 0.6 is 0 Å². The number of piperidine rings is 3. The third-order valence-electron chi connectivity index (χ3n) is 5.77. The van der Waals surface area contributed by atoms with Crippen LogP contribution in [0.25, 0.3) is 11.3 Å². The van der Waals surface area contributed by atoms with Crippen molar-refractivity contribution >= 4 is 17.5 Å². The van der Waals surface area contributed by atoms with Crippen LogP contribution in [-0.2, 0) is 4.79 Å². The van der Waals surface area contributed by atoms with E-state index >= 15 is 0 Å². The van der Waals surface area contributed by atoms with Crippen LogP contribution in [0.5, 0.6) is 0 Å². The maximum absolute atomic E-state index is 12.6. The monoisotopic (exact) mass is 422 g/mol. The van der Waals surface area contributed by atoms with E-state index in [2.05, 4.69) is 22.1 Å². The fourth-order valence-electron chi connectivity index (χ4n) is 4.19. The number of halogens is 3. The van der Waals surface area contributed by atoms with Gasteiger partial charge in [0.1, 0.15) is 0 Å². The number of nitrogens with one attached hydrogen (secondary N) is 2. The number of benzene rings is 1. The number of anilines is 1. The maximum atomic E-state index is 12.6. The number of hydrogen-bond donors (Lipinski definition) is 2. The number of nitrogens with zero attached hydrogens (tertiary/aromatic N) is 2. The Morgan fingerprint density at radius 2 is 2.03 bits per heavy atom. The molecule has 4 heterocycles. The van der Waals surface area contributed by atoms with Crippen molar-refractivity contribution in [3.63, 3.8) is 0 Å². The smallest absolute Gasteiger partial charge is 0.432 e. The third kappa shape index (κ3) is 4.04. The zero-order chi connectivity index (χ0) is 21.5. The van der Waals surface area contributed by atoms with Crippen molar-refractivity contribution in [2.45, 2.75) is 38.0 Å². The van der Waals surface area contributed by atoms with E-state index in [9.17, 15) is 22.8 Å². The fraction of sp³-hybridized carbons (Fsp3) is 0.450. The van der Waals surface area contributed by atoms with Crippen molar-refractivity contribution < 1.29 is 27.2 Å². The summed E-state index contributed by atoms with van der Waals surface area (Å²) in [5.41, 5.74) is 0.104. The number of alkyl halides is 3. The molecule has 30 heavy (non-hydrogen) atoms. The van der Waals surface area contributed by atoms with E-state index in [0.717, 1.165) is 25.9 Å². The molecular weight excluding hydrogens is 401 g/mol. The highest BCUT2D eigenvalue weighted by atomic mass is 19.4. The van der Waals surface area contributed by atoms with Crippen LogP contribution in [0.4, 0.5) is 18.9 Å². The van der Waals surface area contributed by atoms with E-state index < -0.39 is 18.0 Å². The molecule has 3 unspecified atom stereocenters. The fourth-order valence-corrected chi connectivity index (χ4v) is 4.19. The average molecular weight is 422 g/mol. The third-order valence-corrected chi connectivity index (χ3v) is 5.77. The first kappa shape index (κ1) is 20.4. The lowest BCUT2D eigenvalue weighted by Gasteiger charge is -2.48. The minimum absolute atomic E-state index is 0.0103. The molecule has 3 saturated heterocycles. The molecule has 10 heteroatoms. The summed E-state index contributed by atoms with van der Waals surface area (Å²) >= 11 is 0. The number of hydrogen-bond acceptors (Lipinski definition) is 5. The van der Waals surface area contributed by atoms with Gasteiger partial charge in [-0.3, -0.25) is 14.5 Å². The molecule has 1 aromatic heterocycles. The second kappa shape index (κ2) is 7.75. The van der Waals surface area contributed by atoms with Gasteiger partial charge in [0, 0.05) is 24.2 Å². The molecule has 2 bridgehead atoms. The number of carbonyl (C=O) groups is 2. The summed E-state index contributed by atoms with van der Waals surface area (Å²) in [4.78, 5) is 30.2. The van der Waals surface area contributed by atoms with E-state index in [4.69, 9.17) is 4.42 Å². The molecule has 2 aromatic rings. The Morgan fingerprint density at radius 1 is 1.27 bits per heavy atom. The summed E-state index contributed by atoms with van der Waals surface area (Å²) in [6.45, 7) is 3.98. The number of fused-ring (bicyclic) bond motifs is 3. The van der Waals surface area contributed by atoms with Gasteiger partial charge in [-0.1, -0.05) is 12.1 Å². The molecule has 3 aliphatic heterocycles. The minimum atomic E-state index is -5.02. The molecule has 1 aromatic carbocycles. The normalized spacial score (nSPS) is 25.7. The second-order valence-electron chi connectivity index (χ2n) is 7.74. The Bertz CT molecular complexity index is 959. The highest BCUT2D eigenvalue weighted by Crippen LogP contribution is 2.33. The first-order chi connectivity index (χ1) is 14.2. The summed E-state index contributed by atoms with van der Waals surface area (Å²) < 4.78 is 43.3. The van der Waals surface area contributed by atoms with Gasteiger partial charge in [0.15, 0.2) is 5.76 Å². The number of amides is 2. The highest BCUT2D eigenvalue weighted by molar-refractivity contribution is 5.98. The van der Waals surface area contributed by atoms with Gasteiger partial charge < -0.3 is 15.1 Å². The van der Waals surface area contributed by atoms with Crippen LogP contribution < -0.4 is 10.6 Å². The molecule has 160 valence electrons. The van der Waals surface area contributed by atoms with Crippen molar-refractivity contribution in [1.82, 2.24) is 15.2 Å². The zero-order valence-electron chi connectivity index (χ0n) is 16.2. The van der Waals surface area contributed by atoms with E-state index in [1.54, 1.807) is 6.07 Å². The van der Waals surface area contributed by atoms with Crippen LogP contribution in [0.1, 0.15) is 30.5 Å². The summed E-state index contributed by atoms with van der Waals surface area (Å²) in [7, 11) is 0. The molecular formula is C20H21F3N4O3. The molecule has 3 aliphatic rings. The molecule has 7 nitrogen and oxygen atoms in total. The van der Waals surface area contributed by atoms with E-state index in [0.29, 0.717) is 12.0 Å². The second-order valence-corrected chi connectivity index (χ2v) is 7.74. The van der Waals surface area contributed by atoms with Gasteiger partial charge >= 0.3 is 18.0 Å². The first-order valence-electron chi connectivity index (χ1n) is 9.70. The quantitative estimate of drug-likeness (QED) is 0.791. The Morgan fingerprint density at radius 3 is 2.70 bits per heavy atom. The van der Waals surface area contributed by atoms with Gasteiger partial charge in [-0.25, -0.2) is 4.98 Å². The SMILES string of the molecule is CC1CC2CCN1C[C@@H]2NC(=O)c1ncc(-c2ccccc2NC(=O)C(F)(F)F)o1. The Kier molecular flexibility index (Phi) is 5.27. The predicted molar refractivity (Wildman–Crippen MR) is 102 cm³/mol. The Hall–Kier alpha value is -2.88.